The largest absolute Gasteiger partial charge is 0.369 e. The van der Waals surface area contributed by atoms with E-state index in [4.69, 9.17) is 5.73 Å². The topological polar surface area (TPSA) is 55.1 Å². The van der Waals surface area contributed by atoms with Gasteiger partial charge in [-0.1, -0.05) is 13.0 Å². The zero-order chi connectivity index (χ0) is 14.2. The maximum Gasteiger partial charge on any atom is 0.222 e. The van der Waals surface area contributed by atoms with Crippen LogP contribution in [0.1, 0.15) is 31.9 Å². The Balaban J connectivity index is 2.40. The van der Waals surface area contributed by atoms with Crippen molar-refractivity contribution in [3.63, 3.8) is 0 Å². The molecule has 1 fully saturated rings. The van der Waals surface area contributed by atoms with Crippen LogP contribution in [0.5, 0.6) is 0 Å². The van der Waals surface area contributed by atoms with Gasteiger partial charge in [-0.2, -0.15) is 0 Å². The first-order valence-corrected chi connectivity index (χ1v) is 6.40. The summed E-state index contributed by atoms with van der Waals surface area (Å²) in [5.74, 6) is -2.17. The molecule has 0 radical (unpaired) electrons. The highest BCUT2D eigenvalue weighted by atomic mass is 19.1. The monoisotopic (exact) mass is 268 g/mol. The van der Waals surface area contributed by atoms with Crippen molar-refractivity contribution >= 4 is 5.91 Å². The van der Waals surface area contributed by atoms with E-state index in [1.54, 1.807) is 0 Å². The minimum absolute atomic E-state index is 0.0585. The lowest BCUT2D eigenvalue weighted by Gasteiger charge is -2.39. The molecular weight excluding hydrogens is 250 g/mol. The van der Waals surface area contributed by atoms with E-state index in [1.807, 2.05) is 13.8 Å². The molecule has 3 N–H and O–H groups in total. The van der Waals surface area contributed by atoms with Crippen LogP contribution >= 0.6 is 0 Å². The van der Waals surface area contributed by atoms with Gasteiger partial charge >= 0.3 is 0 Å². The maximum absolute atomic E-state index is 13.9. The standard InChI is InChI=1S/C14H18F2N2O/c1-7-5-8(2)18-13(12(7)14(17)19)10-4-3-9(15)6-11(10)16/h3-4,6-8,12-13,18H,5H2,1-2H3,(H2,17,19). The molecule has 4 atom stereocenters. The van der Waals surface area contributed by atoms with E-state index in [9.17, 15) is 13.6 Å². The van der Waals surface area contributed by atoms with Crippen molar-refractivity contribution in [2.75, 3.05) is 0 Å². The van der Waals surface area contributed by atoms with Gasteiger partial charge in [0.15, 0.2) is 0 Å². The molecule has 2 rings (SSSR count). The number of carbonyl (C=O) groups excluding carboxylic acids is 1. The first-order chi connectivity index (χ1) is 8.90. The van der Waals surface area contributed by atoms with E-state index in [2.05, 4.69) is 5.32 Å². The summed E-state index contributed by atoms with van der Waals surface area (Å²) in [5, 5.41) is 3.19. The molecule has 0 aliphatic carbocycles. The molecule has 4 unspecified atom stereocenters. The van der Waals surface area contributed by atoms with Crippen molar-refractivity contribution in [2.45, 2.75) is 32.4 Å². The van der Waals surface area contributed by atoms with Crippen LogP contribution in [0.3, 0.4) is 0 Å². The number of nitrogens with one attached hydrogen (secondary N) is 1. The molecule has 3 nitrogen and oxygen atoms in total. The van der Waals surface area contributed by atoms with Crippen LogP contribution < -0.4 is 11.1 Å². The van der Waals surface area contributed by atoms with E-state index < -0.39 is 29.5 Å². The Bertz CT molecular complexity index is 492. The second-order valence-electron chi connectivity index (χ2n) is 5.35. The molecule has 0 spiro atoms. The van der Waals surface area contributed by atoms with Crippen LogP contribution in [-0.2, 0) is 4.79 Å². The first kappa shape index (κ1) is 13.9. The van der Waals surface area contributed by atoms with Crippen molar-refractivity contribution in [3.05, 3.63) is 35.4 Å². The van der Waals surface area contributed by atoms with Gasteiger partial charge < -0.3 is 11.1 Å². The second-order valence-corrected chi connectivity index (χ2v) is 5.35. The highest BCUT2D eigenvalue weighted by Crippen LogP contribution is 2.36. The minimum Gasteiger partial charge on any atom is -0.369 e. The Kier molecular flexibility index (Phi) is 3.85. The maximum atomic E-state index is 13.9. The summed E-state index contributed by atoms with van der Waals surface area (Å²) in [5.41, 5.74) is 5.73. The Labute approximate surface area is 111 Å². The predicted molar refractivity (Wildman–Crippen MR) is 68.2 cm³/mol. The van der Waals surface area contributed by atoms with Gasteiger partial charge in [-0.05, 0) is 25.3 Å². The van der Waals surface area contributed by atoms with Gasteiger partial charge in [-0.15, -0.1) is 0 Å². The number of carbonyl (C=O) groups is 1. The third-order valence-corrected chi connectivity index (χ3v) is 3.79. The number of hydrogen-bond donors (Lipinski definition) is 2. The summed E-state index contributed by atoms with van der Waals surface area (Å²) in [6.45, 7) is 3.91. The highest BCUT2D eigenvalue weighted by Gasteiger charge is 2.39. The van der Waals surface area contributed by atoms with Crippen molar-refractivity contribution in [3.8, 4) is 0 Å². The molecule has 1 aliphatic heterocycles. The number of benzene rings is 1. The second kappa shape index (κ2) is 5.25. The number of primary amides is 1. The normalized spacial score (nSPS) is 31.2. The quantitative estimate of drug-likeness (QED) is 0.863. The van der Waals surface area contributed by atoms with E-state index in [0.29, 0.717) is 5.56 Å². The molecule has 19 heavy (non-hydrogen) atoms. The lowest BCUT2D eigenvalue weighted by molar-refractivity contribution is -0.125. The number of hydrogen-bond acceptors (Lipinski definition) is 2. The van der Waals surface area contributed by atoms with Gasteiger partial charge in [0.1, 0.15) is 11.6 Å². The molecule has 0 saturated carbocycles. The molecule has 1 aromatic rings. The summed E-state index contributed by atoms with van der Waals surface area (Å²) in [6, 6.07) is 3.06. The van der Waals surface area contributed by atoms with Crippen LogP contribution in [0.15, 0.2) is 18.2 Å². The van der Waals surface area contributed by atoms with E-state index in [1.165, 1.54) is 12.1 Å². The lowest BCUT2D eigenvalue weighted by atomic mass is 9.76. The van der Waals surface area contributed by atoms with E-state index in [-0.39, 0.29) is 12.0 Å². The van der Waals surface area contributed by atoms with Crippen LogP contribution in [0.2, 0.25) is 0 Å². The third kappa shape index (κ3) is 2.76. The minimum atomic E-state index is -0.648. The van der Waals surface area contributed by atoms with Crippen LogP contribution in [0.4, 0.5) is 8.78 Å². The van der Waals surface area contributed by atoms with Gasteiger partial charge in [0, 0.05) is 23.7 Å². The summed E-state index contributed by atoms with van der Waals surface area (Å²) in [6.07, 6.45) is 0.799. The third-order valence-electron chi connectivity index (χ3n) is 3.79. The molecule has 1 amide bonds. The highest BCUT2D eigenvalue weighted by molar-refractivity contribution is 5.78. The Hall–Kier alpha value is -1.49. The average molecular weight is 268 g/mol. The van der Waals surface area contributed by atoms with E-state index >= 15 is 0 Å². The van der Waals surface area contributed by atoms with Crippen LogP contribution in [0, 0.1) is 23.5 Å². The summed E-state index contributed by atoms with van der Waals surface area (Å²) in [4.78, 5) is 11.6. The van der Waals surface area contributed by atoms with Crippen molar-refractivity contribution in [1.29, 1.82) is 0 Å². The SMILES string of the molecule is CC1CC(C)C(C(N)=O)C(c2ccc(F)cc2F)N1. The Morgan fingerprint density at radius 3 is 2.63 bits per heavy atom. The number of nitrogens with two attached hydrogens (primary N) is 1. The molecule has 0 bridgehead atoms. The molecular formula is C14H18F2N2O. The zero-order valence-corrected chi connectivity index (χ0v) is 11.0. The summed E-state index contributed by atoms with van der Waals surface area (Å²) >= 11 is 0. The fourth-order valence-corrected chi connectivity index (χ4v) is 2.99. The molecule has 1 aromatic carbocycles. The van der Waals surface area contributed by atoms with Gasteiger partial charge in [0.25, 0.3) is 0 Å². The lowest BCUT2D eigenvalue weighted by Crippen LogP contribution is -2.49. The van der Waals surface area contributed by atoms with Crippen molar-refractivity contribution in [2.24, 2.45) is 17.6 Å². The fraction of sp³-hybridized carbons (Fsp3) is 0.500. The zero-order valence-electron chi connectivity index (χ0n) is 11.0. The number of rotatable bonds is 2. The van der Waals surface area contributed by atoms with Gasteiger partial charge in [0.05, 0.1) is 5.92 Å². The Morgan fingerprint density at radius 2 is 2.05 bits per heavy atom. The Morgan fingerprint density at radius 1 is 1.37 bits per heavy atom. The molecule has 5 heteroatoms. The number of piperidine rings is 1. The molecule has 104 valence electrons. The van der Waals surface area contributed by atoms with Gasteiger partial charge in [-0.3, -0.25) is 4.79 Å². The van der Waals surface area contributed by atoms with Gasteiger partial charge in [0.2, 0.25) is 5.91 Å². The molecule has 1 saturated heterocycles. The molecule has 1 aliphatic rings. The smallest absolute Gasteiger partial charge is 0.222 e. The summed E-state index contributed by atoms with van der Waals surface area (Å²) < 4.78 is 26.9. The van der Waals surface area contributed by atoms with Gasteiger partial charge in [-0.25, -0.2) is 8.78 Å². The number of amides is 1. The summed E-state index contributed by atoms with van der Waals surface area (Å²) in [7, 11) is 0. The molecule has 1 heterocycles. The van der Waals surface area contributed by atoms with Crippen LogP contribution in [-0.4, -0.2) is 11.9 Å². The predicted octanol–water partition coefficient (Wildman–Crippen LogP) is 2.13. The number of halogens is 2. The van der Waals surface area contributed by atoms with E-state index in [0.717, 1.165) is 12.5 Å². The molecule has 0 aromatic heterocycles. The first-order valence-electron chi connectivity index (χ1n) is 6.40. The van der Waals surface area contributed by atoms with Crippen molar-refractivity contribution in [1.82, 2.24) is 5.32 Å². The van der Waals surface area contributed by atoms with Crippen LogP contribution in [0.25, 0.3) is 0 Å². The average Bonchev–Trinajstić information content (AvgIpc) is 2.26. The fourth-order valence-electron chi connectivity index (χ4n) is 2.99. The van der Waals surface area contributed by atoms with Crippen molar-refractivity contribution < 1.29 is 13.6 Å².